The molecule has 1 aromatic heterocycles. The van der Waals surface area contributed by atoms with Gasteiger partial charge in [0.2, 0.25) is 0 Å². The molecule has 0 spiro atoms. The second-order valence-corrected chi connectivity index (χ2v) is 7.60. The van der Waals surface area contributed by atoms with Gasteiger partial charge in [0.15, 0.2) is 0 Å². The largest absolute Gasteiger partial charge is 0.478 e. The first kappa shape index (κ1) is 19.7. The Labute approximate surface area is 183 Å². The van der Waals surface area contributed by atoms with E-state index in [1.165, 1.54) is 23.4 Å². The number of hydrogen-bond acceptors (Lipinski definition) is 5. The first-order valence-corrected chi connectivity index (χ1v) is 10.1. The summed E-state index contributed by atoms with van der Waals surface area (Å²) in [5, 5.41) is 9.76. The van der Waals surface area contributed by atoms with Gasteiger partial charge in [-0.15, -0.1) is 0 Å². The van der Waals surface area contributed by atoms with Crippen LogP contribution in [0.4, 0.5) is 10.6 Å². The lowest BCUT2D eigenvalue weighted by molar-refractivity contribution is 0.0697. The van der Waals surface area contributed by atoms with Gasteiger partial charge in [0, 0.05) is 18.4 Å². The monoisotopic (exact) mass is 425 g/mol. The molecule has 5 rings (SSSR count). The minimum absolute atomic E-state index is 0.0416. The molecule has 1 N–H and O–H groups in total. The Hall–Kier alpha value is -4.26. The van der Waals surface area contributed by atoms with Gasteiger partial charge in [-0.3, -0.25) is 4.90 Å². The highest BCUT2D eigenvalue weighted by Crippen LogP contribution is 2.44. The van der Waals surface area contributed by atoms with E-state index in [-0.39, 0.29) is 18.1 Å². The lowest BCUT2D eigenvalue weighted by atomic mass is 9.98. The molecule has 1 amide bonds. The summed E-state index contributed by atoms with van der Waals surface area (Å²) < 4.78 is 5.70. The number of carboxylic acids is 1. The van der Waals surface area contributed by atoms with E-state index in [0.717, 1.165) is 22.3 Å². The van der Waals surface area contributed by atoms with Crippen molar-refractivity contribution < 1.29 is 19.4 Å². The van der Waals surface area contributed by atoms with Crippen molar-refractivity contribution in [2.45, 2.75) is 5.92 Å². The quantitative estimate of drug-likeness (QED) is 0.509. The van der Waals surface area contributed by atoms with Crippen LogP contribution in [-0.2, 0) is 4.74 Å². The summed E-state index contributed by atoms with van der Waals surface area (Å²) in [7, 11) is 1.58. The van der Waals surface area contributed by atoms with Gasteiger partial charge in [-0.1, -0.05) is 48.5 Å². The van der Waals surface area contributed by atoms with Gasteiger partial charge in [-0.2, -0.15) is 0 Å². The average Bonchev–Trinajstić information content (AvgIpc) is 3.15. The molecule has 3 aromatic carbocycles. The van der Waals surface area contributed by atoms with E-state index in [0.29, 0.717) is 16.7 Å². The average molecular weight is 425 g/mol. The Balaban J connectivity index is 1.39. The molecule has 0 saturated carbocycles. The number of amides is 1. The second-order valence-electron chi connectivity index (χ2n) is 7.60. The van der Waals surface area contributed by atoms with Crippen molar-refractivity contribution in [2.24, 2.45) is 0 Å². The van der Waals surface area contributed by atoms with Crippen LogP contribution in [0.15, 0.2) is 73.1 Å². The van der Waals surface area contributed by atoms with Crippen LogP contribution >= 0.6 is 0 Å². The number of aromatic carboxylic acids is 1. The number of carbonyl (C=O) groups is 2. The summed E-state index contributed by atoms with van der Waals surface area (Å²) in [6.45, 7) is 0.198. The predicted octanol–water partition coefficient (Wildman–Crippen LogP) is 4.71. The van der Waals surface area contributed by atoms with Crippen LogP contribution in [-0.4, -0.2) is 40.8 Å². The number of rotatable bonds is 4. The van der Waals surface area contributed by atoms with Gasteiger partial charge in [-0.05, 0) is 40.5 Å². The molecule has 0 fully saturated rings. The minimum atomic E-state index is -1.04. The lowest BCUT2D eigenvalue weighted by Crippen LogP contribution is -2.29. The van der Waals surface area contributed by atoms with Crippen molar-refractivity contribution >= 4 is 28.8 Å². The molecule has 1 aliphatic rings. The van der Waals surface area contributed by atoms with E-state index < -0.39 is 12.1 Å². The van der Waals surface area contributed by atoms with E-state index in [9.17, 15) is 14.7 Å². The highest BCUT2D eigenvalue weighted by molar-refractivity contribution is 6.00. The van der Waals surface area contributed by atoms with E-state index in [2.05, 4.69) is 34.2 Å². The lowest BCUT2D eigenvalue weighted by Gasteiger charge is -2.20. The number of aromatic nitrogens is 2. The minimum Gasteiger partial charge on any atom is -0.478 e. The van der Waals surface area contributed by atoms with E-state index in [1.807, 2.05) is 24.3 Å². The normalized spacial score (nSPS) is 12.3. The number of carbonyl (C=O) groups excluding carboxylic acids is 1. The molecule has 0 radical (unpaired) electrons. The van der Waals surface area contributed by atoms with Crippen molar-refractivity contribution in [3.05, 3.63) is 89.7 Å². The molecule has 0 aliphatic heterocycles. The van der Waals surface area contributed by atoms with Gasteiger partial charge in [0.1, 0.15) is 18.8 Å². The molecule has 0 atom stereocenters. The zero-order valence-electron chi connectivity index (χ0n) is 17.2. The molecule has 1 heterocycles. The van der Waals surface area contributed by atoms with Crippen LogP contribution in [0, 0.1) is 0 Å². The van der Waals surface area contributed by atoms with E-state index >= 15 is 0 Å². The summed E-state index contributed by atoms with van der Waals surface area (Å²) in [6, 6.07) is 20.8. The van der Waals surface area contributed by atoms with Gasteiger partial charge in [-0.25, -0.2) is 19.6 Å². The Morgan fingerprint density at radius 3 is 2.28 bits per heavy atom. The first-order valence-electron chi connectivity index (χ1n) is 10.1. The van der Waals surface area contributed by atoms with Gasteiger partial charge in [0.25, 0.3) is 0 Å². The maximum Gasteiger partial charge on any atom is 0.415 e. The number of anilines is 1. The topological polar surface area (TPSA) is 92.6 Å². The summed E-state index contributed by atoms with van der Waals surface area (Å²) >= 11 is 0. The zero-order valence-corrected chi connectivity index (χ0v) is 17.2. The molecule has 7 nitrogen and oxygen atoms in total. The summed E-state index contributed by atoms with van der Waals surface area (Å²) in [4.78, 5) is 33.8. The molecule has 4 aromatic rings. The maximum absolute atomic E-state index is 12.9. The second kappa shape index (κ2) is 7.77. The molecule has 0 saturated heterocycles. The van der Waals surface area contributed by atoms with Crippen LogP contribution < -0.4 is 4.90 Å². The Bertz CT molecular complexity index is 1320. The molecular weight excluding hydrogens is 406 g/mol. The SMILES string of the molecule is CN(C(=O)OCC1c2ccccc2-c2ccccc21)c1ncnc2cc(C(=O)O)ccc12. The third-order valence-corrected chi connectivity index (χ3v) is 5.79. The zero-order chi connectivity index (χ0) is 22.2. The molecule has 158 valence electrons. The molecule has 1 aliphatic carbocycles. The number of carboxylic acid groups (broad SMARTS) is 1. The number of hydrogen-bond donors (Lipinski definition) is 1. The summed E-state index contributed by atoms with van der Waals surface area (Å²) in [6.07, 6.45) is 0.755. The fourth-order valence-corrected chi connectivity index (χ4v) is 4.22. The Morgan fingerprint density at radius 1 is 0.969 bits per heavy atom. The standard InChI is InChI=1S/C25H19N3O4/c1-28(23-20-11-10-15(24(29)30)12-22(20)26-14-27-23)25(31)32-13-21-18-8-4-2-6-16(18)17-7-3-5-9-19(17)21/h2-12,14,21H,13H2,1H3,(H,29,30). The summed E-state index contributed by atoms with van der Waals surface area (Å²) in [5.41, 5.74) is 5.15. The van der Waals surface area contributed by atoms with Crippen LogP contribution in [0.1, 0.15) is 27.4 Å². The van der Waals surface area contributed by atoms with Gasteiger partial charge >= 0.3 is 12.1 Å². The van der Waals surface area contributed by atoms with E-state index in [1.54, 1.807) is 13.1 Å². The van der Waals surface area contributed by atoms with Crippen molar-refractivity contribution in [1.82, 2.24) is 9.97 Å². The molecular formula is C25H19N3O4. The Morgan fingerprint density at radius 2 is 1.62 bits per heavy atom. The van der Waals surface area contributed by atoms with Crippen LogP contribution in [0.3, 0.4) is 0 Å². The molecule has 0 bridgehead atoms. The fourth-order valence-electron chi connectivity index (χ4n) is 4.22. The fraction of sp³-hybridized carbons (Fsp3) is 0.120. The summed E-state index contributed by atoms with van der Waals surface area (Å²) in [5.74, 6) is -0.735. The first-order chi connectivity index (χ1) is 15.5. The number of fused-ring (bicyclic) bond motifs is 4. The third-order valence-electron chi connectivity index (χ3n) is 5.79. The number of ether oxygens (including phenoxy) is 1. The van der Waals surface area contributed by atoms with Crippen LogP contribution in [0.2, 0.25) is 0 Å². The predicted molar refractivity (Wildman–Crippen MR) is 120 cm³/mol. The number of benzene rings is 3. The van der Waals surface area contributed by atoms with Crippen LogP contribution in [0.25, 0.3) is 22.0 Å². The van der Waals surface area contributed by atoms with Crippen LogP contribution in [0.5, 0.6) is 0 Å². The highest BCUT2D eigenvalue weighted by Gasteiger charge is 2.29. The number of nitrogens with zero attached hydrogens (tertiary/aromatic N) is 3. The van der Waals surface area contributed by atoms with Crippen molar-refractivity contribution in [3.8, 4) is 11.1 Å². The van der Waals surface area contributed by atoms with Crippen molar-refractivity contribution in [1.29, 1.82) is 0 Å². The Kier molecular flexibility index (Phi) is 4.78. The maximum atomic E-state index is 12.9. The molecule has 7 heteroatoms. The van der Waals surface area contributed by atoms with Crippen molar-refractivity contribution in [3.63, 3.8) is 0 Å². The third kappa shape index (κ3) is 3.24. The van der Waals surface area contributed by atoms with Crippen molar-refractivity contribution in [2.75, 3.05) is 18.6 Å². The highest BCUT2D eigenvalue weighted by atomic mass is 16.6. The molecule has 32 heavy (non-hydrogen) atoms. The van der Waals surface area contributed by atoms with Gasteiger partial charge in [0.05, 0.1) is 11.1 Å². The smallest absolute Gasteiger partial charge is 0.415 e. The van der Waals surface area contributed by atoms with Gasteiger partial charge < -0.3 is 9.84 Å². The van der Waals surface area contributed by atoms with E-state index in [4.69, 9.17) is 4.74 Å². The molecule has 0 unspecified atom stereocenters.